The van der Waals surface area contributed by atoms with Crippen molar-refractivity contribution in [2.24, 2.45) is 10.2 Å². The van der Waals surface area contributed by atoms with E-state index >= 15 is 0 Å². The lowest BCUT2D eigenvalue weighted by atomic mass is 10.1. The molecule has 1 N–H and O–H groups in total. The Hall–Kier alpha value is -1.92. The number of alkyl halides is 3. The van der Waals surface area contributed by atoms with Gasteiger partial charge in [0.1, 0.15) is 0 Å². The number of hydrogen-bond acceptors (Lipinski definition) is 3. The zero-order chi connectivity index (χ0) is 14.1. The highest BCUT2D eigenvalue weighted by Crippen LogP contribution is 2.32. The summed E-state index contributed by atoms with van der Waals surface area (Å²) in [6.07, 6.45) is -3.79. The molecule has 0 bridgehead atoms. The van der Waals surface area contributed by atoms with Crippen molar-refractivity contribution in [2.45, 2.75) is 31.6 Å². The zero-order valence-electron chi connectivity index (χ0n) is 10.2. The van der Waals surface area contributed by atoms with Crippen LogP contribution in [0.5, 0.6) is 0 Å². The highest BCUT2D eigenvalue weighted by Gasteiger charge is 2.34. The van der Waals surface area contributed by atoms with Crippen LogP contribution in [0.2, 0.25) is 0 Å². The first-order valence-corrected chi connectivity index (χ1v) is 5.70. The summed E-state index contributed by atoms with van der Waals surface area (Å²) in [5.41, 5.74) is -1.13. The molecule has 1 heterocycles. The number of carbonyl (C=O) groups excluding carboxylic acids is 1. The van der Waals surface area contributed by atoms with Gasteiger partial charge in [0.15, 0.2) is 5.66 Å². The molecule has 19 heavy (non-hydrogen) atoms. The lowest BCUT2D eigenvalue weighted by Gasteiger charge is -2.10. The fourth-order valence-corrected chi connectivity index (χ4v) is 1.53. The number of nitrogens with one attached hydrogen (secondary N) is 1. The minimum atomic E-state index is -4.42. The number of hydrogen-bond donors (Lipinski definition) is 1. The molecule has 1 aliphatic rings. The number of nitrogens with zero attached hydrogens (tertiary/aromatic N) is 2. The smallest absolute Gasteiger partial charge is 0.326 e. The first-order valence-electron chi connectivity index (χ1n) is 5.70. The molecule has 0 saturated carbocycles. The molecule has 0 radical (unpaired) electrons. The maximum Gasteiger partial charge on any atom is 0.416 e. The third kappa shape index (κ3) is 3.77. The molecule has 0 fully saturated rings. The third-order valence-electron chi connectivity index (χ3n) is 2.74. The zero-order valence-corrected chi connectivity index (χ0v) is 10.2. The minimum absolute atomic E-state index is 0.134. The number of amides is 1. The van der Waals surface area contributed by atoms with Gasteiger partial charge in [0.2, 0.25) is 5.91 Å². The molecular weight excluding hydrogens is 259 g/mol. The molecule has 102 valence electrons. The summed E-state index contributed by atoms with van der Waals surface area (Å²) in [5, 5.41) is 9.94. The average molecular weight is 271 g/mol. The van der Waals surface area contributed by atoms with Crippen LogP contribution in [0.15, 0.2) is 34.5 Å². The Morgan fingerprint density at radius 3 is 2.63 bits per heavy atom. The van der Waals surface area contributed by atoms with Crippen LogP contribution < -0.4 is 5.32 Å². The van der Waals surface area contributed by atoms with E-state index < -0.39 is 17.4 Å². The van der Waals surface area contributed by atoms with Crippen LogP contribution in [0.25, 0.3) is 0 Å². The molecule has 4 nitrogen and oxygen atoms in total. The molecule has 1 aromatic rings. The molecule has 0 aliphatic carbocycles. The second-order valence-electron chi connectivity index (χ2n) is 4.54. The molecule has 0 spiro atoms. The van der Waals surface area contributed by atoms with E-state index in [2.05, 4.69) is 15.5 Å². The van der Waals surface area contributed by atoms with Crippen LogP contribution in [0, 0.1) is 0 Å². The minimum Gasteiger partial charge on any atom is -0.326 e. The third-order valence-corrected chi connectivity index (χ3v) is 2.74. The number of carbonyl (C=O) groups is 1. The molecule has 0 aromatic heterocycles. The number of rotatable bonds is 4. The SMILES string of the molecule is CC1(CCC(=O)Nc2cccc(C(F)(F)F)c2)N=N1. The van der Waals surface area contributed by atoms with Crippen LogP contribution >= 0.6 is 0 Å². The summed E-state index contributed by atoms with van der Waals surface area (Å²) in [6.45, 7) is 1.78. The van der Waals surface area contributed by atoms with E-state index in [9.17, 15) is 18.0 Å². The van der Waals surface area contributed by atoms with Crippen molar-refractivity contribution in [3.8, 4) is 0 Å². The van der Waals surface area contributed by atoms with Crippen LogP contribution in [0.1, 0.15) is 25.3 Å². The monoisotopic (exact) mass is 271 g/mol. The quantitative estimate of drug-likeness (QED) is 0.893. The molecule has 1 aromatic carbocycles. The van der Waals surface area contributed by atoms with Crippen molar-refractivity contribution in [2.75, 3.05) is 5.32 Å². The van der Waals surface area contributed by atoms with Crippen molar-refractivity contribution in [1.82, 2.24) is 0 Å². The van der Waals surface area contributed by atoms with Gasteiger partial charge in [-0.25, -0.2) is 0 Å². The van der Waals surface area contributed by atoms with Gasteiger partial charge in [-0.05, 0) is 25.1 Å². The normalized spacial score (nSPS) is 16.2. The average Bonchev–Trinajstić information content (AvgIpc) is 3.05. The van der Waals surface area contributed by atoms with E-state index in [-0.39, 0.29) is 18.0 Å². The fraction of sp³-hybridized carbons (Fsp3) is 0.417. The summed E-state index contributed by atoms with van der Waals surface area (Å²) in [7, 11) is 0. The first-order chi connectivity index (χ1) is 8.78. The topological polar surface area (TPSA) is 53.8 Å². The van der Waals surface area contributed by atoms with E-state index in [4.69, 9.17) is 0 Å². The summed E-state index contributed by atoms with van der Waals surface area (Å²) >= 11 is 0. The second kappa shape index (κ2) is 4.64. The van der Waals surface area contributed by atoms with E-state index in [1.54, 1.807) is 6.92 Å². The van der Waals surface area contributed by atoms with Crippen molar-refractivity contribution in [3.05, 3.63) is 29.8 Å². The Balaban J connectivity index is 1.93. The standard InChI is InChI=1S/C12H12F3N3O/c1-11(17-18-11)6-5-10(19)16-9-4-2-3-8(7-9)12(13,14)15/h2-4,7H,5-6H2,1H3,(H,16,19). The van der Waals surface area contributed by atoms with Crippen LogP contribution in [-0.2, 0) is 11.0 Å². The molecule has 7 heteroatoms. The van der Waals surface area contributed by atoms with Gasteiger partial charge >= 0.3 is 6.18 Å². The predicted molar refractivity (Wildman–Crippen MR) is 62.6 cm³/mol. The van der Waals surface area contributed by atoms with Gasteiger partial charge in [0, 0.05) is 18.5 Å². The van der Waals surface area contributed by atoms with Crippen LogP contribution in [0.3, 0.4) is 0 Å². The van der Waals surface area contributed by atoms with Gasteiger partial charge in [-0.3, -0.25) is 4.79 Å². The second-order valence-corrected chi connectivity index (χ2v) is 4.54. The molecule has 1 aliphatic heterocycles. The maximum absolute atomic E-state index is 12.5. The predicted octanol–water partition coefficient (Wildman–Crippen LogP) is 3.61. The Kier molecular flexibility index (Phi) is 3.30. The highest BCUT2D eigenvalue weighted by molar-refractivity contribution is 5.90. The fourth-order valence-electron chi connectivity index (χ4n) is 1.53. The van der Waals surface area contributed by atoms with Crippen molar-refractivity contribution >= 4 is 11.6 Å². The Morgan fingerprint density at radius 2 is 2.05 bits per heavy atom. The van der Waals surface area contributed by atoms with Gasteiger partial charge in [0.05, 0.1) is 5.56 Å². The van der Waals surface area contributed by atoms with Gasteiger partial charge in [0.25, 0.3) is 0 Å². The molecule has 0 atom stereocenters. The first kappa shape index (κ1) is 13.5. The molecule has 0 saturated heterocycles. The maximum atomic E-state index is 12.5. The number of benzene rings is 1. The molecular formula is C12H12F3N3O. The summed E-state index contributed by atoms with van der Waals surface area (Å²) < 4.78 is 37.4. The molecule has 0 unspecified atom stereocenters. The van der Waals surface area contributed by atoms with Gasteiger partial charge in [-0.2, -0.15) is 23.4 Å². The van der Waals surface area contributed by atoms with Crippen LogP contribution in [-0.4, -0.2) is 11.6 Å². The van der Waals surface area contributed by atoms with E-state index in [1.165, 1.54) is 12.1 Å². The Labute approximate surface area is 107 Å². The van der Waals surface area contributed by atoms with Gasteiger partial charge < -0.3 is 5.32 Å². The van der Waals surface area contributed by atoms with Crippen LogP contribution in [0.4, 0.5) is 18.9 Å². The van der Waals surface area contributed by atoms with Gasteiger partial charge in [-0.1, -0.05) is 6.07 Å². The summed E-state index contributed by atoms with van der Waals surface area (Å²) in [5.74, 6) is -0.349. The van der Waals surface area contributed by atoms with E-state index in [0.29, 0.717) is 6.42 Å². The van der Waals surface area contributed by atoms with Crippen molar-refractivity contribution in [3.63, 3.8) is 0 Å². The molecule has 2 rings (SSSR count). The van der Waals surface area contributed by atoms with Gasteiger partial charge in [-0.15, -0.1) is 0 Å². The van der Waals surface area contributed by atoms with E-state index in [0.717, 1.165) is 12.1 Å². The summed E-state index contributed by atoms with van der Waals surface area (Å²) in [6, 6.07) is 4.54. The number of anilines is 1. The Bertz CT molecular complexity index is 519. The lowest BCUT2D eigenvalue weighted by molar-refractivity contribution is -0.137. The highest BCUT2D eigenvalue weighted by atomic mass is 19.4. The van der Waals surface area contributed by atoms with Crippen molar-refractivity contribution < 1.29 is 18.0 Å². The largest absolute Gasteiger partial charge is 0.416 e. The van der Waals surface area contributed by atoms with E-state index in [1.807, 2.05) is 0 Å². The number of halogens is 3. The van der Waals surface area contributed by atoms with Crippen molar-refractivity contribution in [1.29, 1.82) is 0 Å². The molecule has 1 amide bonds. The Morgan fingerprint density at radius 1 is 1.37 bits per heavy atom. The summed E-state index contributed by atoms with van der Waals surface area (Å²) in [4.78, 5) is 11.6. The lowest BCUT2D eigenvalue weighted by Crippen LogP contribution is -2.16.